The minimum Gasteiger partial charge on any atom is -0.339 e. The van der Waals surface area contributed by atoms with Crippen LogP contribution < -0.4 is 0 Å². The summed E-state index contributed by atoms with van der Waals surface area (Å²) in [6, 6.07) is 4.27. The van der Waals surface area contributed by atoms with Crippen LogP contribution in [-0.4, -0.2) is 43.6 Å². The van der Waals surface area contributed by atoms with Crippen molar-refractivity contribution in [1.82, 2.24) is 24.6 Å². The Hall–Kier alpha value is -3.41. The number of nitrogens with zero attached hydrogens (tertiary/aromatic N) is 4. The maximum absolute atomic E-state index is 12.7. The van der Waals surface area contributed by atoms with Crippen LogP contribution in [0.25, 0.3) is 22.2 Å². The number of rotatable bonds is 6. The molecular weight excluding hydrogens is 374 g/mol. The summed E-state index contributed by atoms with van der Waals surface area (Å²) in [5.74, 6) is 0.565. The van der Waals surface area contributed by atoms with E-state index in [4.69, 9.17) is 4.98 Å². The molecular formula is C24H27N5O. The third-order valence-electron chi connectivity index (χ3n) is 5.79. The van der Waals surface area contributed by atoms with Crippen molar-refractivity contribution >= 4 is 16.9 Å². The fraction of sp³-hybridized carbons (Fsp3) is 0.292. The van der Waals surface area contributed by atoms with Gasteiger partial charge in [-0.3, -0.25) is 9.89 Å². The number of carbonyl (C=O) groups excluding carboxylic acids is 1. The minimum atomic E-state index is 0.0467. The van der Waals surface area contributed by atoms with Gasteiger partial charge in [-0.05, 0) is 37.3 Å². The number of hydrogen-bond donors (Lipinski definition) is 1. The number of amides is 1. The highest BCUT2D eigenvalue weighted by molar-refractivity contribution is 5.96. The van der Waals surface area contributed by atoms with E-state index >= 15 is 0 Å². The van der Waals surface area contributed by atoms with Crippen LogP contribution in [0, 0.1) is 5.92 Å². The lowest BCUT2D eigenvalue weighted by Crippen LogP contribution is -2.32. The summed E-state index contributed by atoms with van der Waals surface area (Å²) < 4.78 is 2.24. The van der Waals surface area contributed by atoms with Crippen LogP contribution in [0.3, 0.4) is 0 Å². The third-order valence-corrected chi connectivity index (χ3v) is 5.79. The second-order valence-corrected chi connectivity index (χ2v) is 7.74. The molecule has 1 fully saturated rings. The number of aromatic nitrogens is 4. The second-order valence-electron chi connectivity index (χ2n) is 7.74. The Labute approximate surface area is 176 Å². The fourth-order valence-corrected chi connectivity index (χ4v) is 4.16. The van der Waals surface area contributed by atoms with Crippen molar-refractivity contribution in [2.75, 3.05) is 13.1 Å². The van der Waals surface area contributed by atoms with Crippen molar-refractivity contribution in [3.8, 4) is 11.1 Å². The molecule has 0 saturated carbocycles. The van der Waals surface area contributed by atoms with Gasteiger partial charge in [-0.25, -0.2) is 4.98 Å². The number of likely N-dealkylation sites (tertiary alicyclic amines) is 1. The SMILES string of the molecule is C=C/C=C(\C=C)C(=O)N1CCCC(Cn2ccc3cc(-c4cn[nH]c4)cnc32)CC1. The molecule has 3 aromatic rings. The number of carbonyl (C=O) groups is 1. The van der Waals surface area contributed by atoms with E-state index in [2.05, 4.69) is 46.3 Å². The molecule has 1 amide bonds. The van der Waals surface area contributed by atoms with Gasteiger partial charge >= 0.3 is 0 Å². The molecule has 0 spiro atoms. The molecule has 1 aliphatic rings. The summed E-state index contributed by atoms with van der Waals surface area (Å²) in [5, 5.41) is 7.99. The average Bonchev–Trinajstić information content (AvgIpc) is 3.37. The van der Waals surface area contributed by atoms with Crippen LogP contribution in [0.1, 0.15) is 19.3 Å². The van der Waals surface area contributed by atoms with Crippen LogP contribution in [-0.2, 0) is 11.3 Å². The zero-order valence-electron chi connectivity index (χ0n) is 17.1. The first-order valence-corrected chi connectivity index (χ1v) is 10.4. The molecule has 0 radical (unpaired) electrons. The number of H-pyrrole nitrogens is 1. The van der Waals surface area contributed by atoms with Crippen LogP contribution in [0.2, 0.25) is 0 Å². The Morgan fingerprint density at radius 1 is 1.23 bits per heavy atom. The van der Waals surface area contributed by atoms with Crippen molar-refractivity contribution in [2.24, 2.45) is 5.92 Å². The highest BCUT2D eigenvalue weighted by Gasteiger charge is 2.22. The summed E-state index contributed by atoms with van der Waals surface area (Å²) in [5.41, 5.74) is 3.71. The van der Waals surface area contributed by atoms with Crippen molar-refractivity contribution in [3.63, 3.8) is 0 Å². The number of aromatic amines is 1. The van der Waals surface area contributed by atoms with Gasteiger partial charge in [-0.1, -0.05) is 31.4 Å². The van der Waals surface area contributed by atoms with Gasteiger partial charge in [0.1, 0.15) is 5.65 Å². The van der Waals surface area contributed by atoms with E-state index in [0.717, 1.165) is 61.1 Å². The van der Waals surface area contributed by atoms with E-state index < -0.39 is 0 Å². The standard InChI is InChI=1S/C24H27N5O/c1-3-6-19(4-2)24(30)28-10-5-7-18(8-11-28)17-29-12-9-20-13-21(14-25-23(20)29)22-15-26-27-16-22/h3-4,6,9,12-16,18H,1-2,5,7-8,10-11,17H2,(H,26,27)/b19-6+. The number of hydrogen-bond acceptors (Lipinski definition) is 3. The largest absolute Gasteiger partial charge is 0.339 e. The minimum absolute atomic E-state index is 0.0467. The zero-order chi connectivity index (χ0) is 20.9. The molecule has 0 bridgehead atoms. The van der Waals surface area contributed by atoms with Gasteiger partial charge in [0, 0.05) is 60.3 Å². The molecule has 6 nitrogen and oxygen atoms in total. The fourth-order valence-electron chi connectivity index (χ4n) is 4.16. The first kappa shape index (κ1) is 19.9. The van der Waals surface area contributed by atoms with Crippen LogP contribution in [0.5, 0.6) is 0 Å². The summed E-state index contributed by atoms with van der Waals surface area (Å²) >= 11 is 0. The Morgan fingerprint density at radius 3 is 2.90 bits per heavy atom. The average molecular weight is 402 g/mol. The van der Waals surface area contributed by atoms with Gasteiger partial charge in [0.15, 0.2) is 0 Å². The monoisotopic (exact) mass is 401 g/mol. The Bertz CT molecular complexity index is 1080. The molecule has 0 aliphatic carbocycles. The third kappa shape index (κ3) is 4.13. The van der Waals surface area contributed by atoms with Crippen LogP contribution in [0.15, 0.2) is 73.9 Å². The Kier molecular flexibility index (Phi) is 5.93. The molecule has 4 rings (SSSR count). The van der Waals surface area contributed by atoms with E-state index in [-0.39, 0.29) is 5.91 Å². The molecule has 1 saturated heterocycles. The zero-order valence-corrected chi connectivity index (χ0v) is 17.1. The van der Waals surface area contributed by atoms with Crippen LogP contribution >= 0.6 is 0 Å². The normalized spacial score (nSPS) is 17.7. The lowest BCUT2D eigenvalue weighted by molar-refractivity contribution is -0.126. The number of fused-ring (bicyclic) bond motifs is 1. The number of allylic oxidation sites excluding steroid dienone is 2. The van der Waals surface area contributed by atoms with E-state index in [1.165, 1.54) is 0 Å². The number of pyridine rings is 1. The predicted molar refractivity (Wildman–Crippen MR) is 120 cm³/mol. The highest BCUT2D eigenvalue weighted by Crippen LogP contribution is 2.25. The van der Waals surface area contributed by atoms with Gasteiger partial charge < -0.3 is 9.47 Å². The Balaban J connectivity index is 1.44. The van der Waals surface area contributed by atoms with Crippen molar-refractivity contribution in [2.45, 2.75) is 25.8 Å². The summed E-state index contributed by atoms with van der Waals surface area (Å²) in [7, 11) is 0. The first-order chi connectivity index (χ1) is 14.7. The van der Waals surface area contributed by atoms with Crippen molar-refractivity contribution in [3.05, 3.63) is 73.9 Å². The van der Waals surface area contributed by atoms with E-state index in [1.54, 1.807) is 24.4 Å². The van der Waals surface area contributed by atoms with Gasteiger partial charge in [0.2, 0.25) is 0 Å². The van der Waals surface area contributed by atoms with Crippen molar-refractivity contribution in [1.29, 1.82) is 0 Å². The van der Waals surface area contributed by atoms with Gasteiger partial charge in [0.25, 0.3) is 5.91 Å². The van der Waals surface area contributed by atoms with Crippen molar-refractivity contribution < 1.29 is 4.79 Å². The lowest BCUT2D eigenvalue weighted by Gasteiger charge is -2.21. The molecule has 30 heavy (non-hydrogen) atoms. The molecule has 1 N–H and O–H groups in total. The van der Waals surface area contributed by atoms with Gasteiger partial charge in [-0.2, -0.15) is 5.10 Å². The second kappa shape index (κ2) is 8.95. The lowest BCUT2D eigenvalue weighted by atomic mass is 10.0. The molecule has 3 aromatic heterocycles. The molecule has 0 aromatic carbocycles. The maximum Gasteiger partial charge on any atom is 0.253 e. The predicted octanol–water partition coefficient (Wildman–Crippen LogP) is 4.35. The van der Waals surface area contributed by atoms with Crippen LogP contribution in [0.4, 0.5) is 0 Å². The molecule has 154 valence electrons. The first-order valence-electron chi connectivity index (χ1n) is 10.4. The quantitative estimate of drug-likeness (QED) is 0.493. The molecule has 1 unspecified atom stereocenters. The Morgan fingerprint density at radius 2 is 2.13 bits per heavy atom. The molecule has 6 heteroatoms. The maximum atomic E-state index is 12.7. The number of nitrogens with one attached hydrogen (secondary N) is 1. The molecule has 4 heterocycles. The summed E-state index contributed by atoms with van der Waals surface area (Å²) in [4.78, 5) is 19.4. The summed E-state index contributed by atoms with van der Waals surface area (Å²) in [6.07, 6.45) is 15.8. The smallest absolute Gasteiger partial charge is 0.253 e. The highest BCUT2D eigenvalue weighted by atomic mass is 16.2. The van der Waals surface area contributed by atoms with E-state index in [9.17, 15) is 4.79 Å². The molecule has 1 atom stereocenters. The topological polar surface area (TPSA) is 66.8 Å². The molecule has 1 aliphatic heterocycles. The van der Waals surface area contributed by atoms with Gasteiger partial charge in [0.05, 0.1) is 6.20 Å². The van der Waals surface area contributed by atoms with E-state index in [0.29, 0.717) is 11.5 Å². The van der Waals surface area contributed by atoms with E-state index in [1.807, 2.05) is 17.3 Å². The summed E-state index contributed by atoms with van der Waals surface area (Å²) in [6.45, 7) is 9.91. The van der Waals surface area contributed by atoms with Gasteiger partial charge in [-0.15, -0.1) is 0 Å².